The molecule has 1 unspecified atom stereocenters. The largest absolute Gasteiger partial charge is 0.0714 e. The van der Waals surface area contributed by atoms with E-state index >= 15 is 0 Å². The van der Waals surface area contributed by atoms with Gasteiger partial charge in [0.1, 0.15) is 0 Å². The van der Waals surface area contributed by atoms with Crippen molar-refractivity contribution in [3.63, 3.8) is 0 Å². The Morgan fingerprint density at radius 2 is 1.32 bits per heavy atom. The third kappa shape index (κ3) is 3.79. The minimum Gasteiger partial charge on any atom is -0.0714 e. The first-order chi connectivity index (χ1) is 12.8. The van der Waals surface area contributed by atoms with Gasteiger partial charge in [0.25, 0.3) is 0 Å². The fourth-order valence-corrected chi connectivity index (χ4v) is 6.75. The molecule has 0 radical (unpaired) electrons. The second-order valence-corrected chi connectivity index (χ2v) is 14.3. The fourth-order valence-electron chi connectivity index (χ4n) is 4.58. The number of rotatable bonds is 2. The van der Waals surface area contributed by atoms with Crippen LogP contribution in [0.3, 0.4) is 0 Å². The first kappa shape index (κ1) is 21.1. The number of fused-ring (bicyclic) bond motifs is 1. The molecule has 1 aliphatic carbocycles. The van der Waals surface area contributed by atoms with E-state index in [0.717, 1.165) is 0 Å². The van der Waals surface area contributed by atoms with Gasteiger partial charge in [-0.25, -0.2) is 0 Å². The van der Waals surface area contributed by atoms with Gasteiger partial charge in [-0.15, -0.1) is 0 Å². The number of allylic oxidation sites excluding steroid dienone is 1. The van der Waals surface area contributed by atoms with Crippen LogP contribution in [0.4, 0.5) is 0 Å². The summed E-state index contributed by atoms with van der Waals surface area (Å²) >= 11 is 0. The molecule has 28 heavy (non-hydrogen) atoms. The standard InChI is InChI=1S/C27H38Si/c1-17-11-12-22(24-23(17)13-18(2)25(24)28(9)10)19-14-20(26(3,4)5)16-21(15-19)27(6,7)8/h11-16,25,28H,1-10H3. The summed E-state index contributed by atoms with van der Waals surface area (Å²) in [5.41, 5.74) is 12.7. The van der Waals surface area contributed by atoms with Crippen LogP contribution in [0.5, 0.6) is 0 Å². The molecule has 0 heterocycles. The Bertz CT molecular complexity index is 898. The first-order valence-corrected chi connectivity index (χ1v) is 13.8. The van der Waals surface area contributed by atoms with E-state index < -0.39 is 8.80 Å². The lowest BCUT2D eigenvalue weighted by Gasteiger charge is -2.28. The zero-order valence-corrected chi connectivity index (χ0v) is 20.8. The molecule has 0 aromatic heterocycles. The Kier molecular flexibility index (Phi) is 5.30. The first-order valence-electron chi connectivity index (χ1n) is 10.8. The molecule has 0 aliphatic heterocycles. The SMILES string of the molecule is CC1=Cc2c(C)ccc(-c3cc(C(C)(C)C)cc(C(C)(C)C)c3)c2C1[SiH](C)C. The van der Waals surface area contributed by atoms with Gasteiger partial charge in [0.2, 0.25) is 0 Å². The van der Waals surface area contributed by atoms with Gasteiger partial charge in [-0.2, -0.15) is 0 Å². The monoisotopic (exact) mass is 390 g/mol. The third-order valence-corrected chi connectivity index (χ3v) is 8.51. The smallest absolute Gasteiger partial charge is 0.0440 e. The van der Waals surface area contributed by atoms with Gasteiger partial charge in [-0.3, -0.25) is 0 Å². The number of hydrogen-bond acceptors (Lipinski definition) is 0. The highest BCUT2D eigenvalue weighted by Gasteiger charge is 2.30. The molecule has 0 nitrogen and oxygen atoms in total. The summed E-state index contributed by atoms with van der Waals surface area (Å²) in [6, 6.07) is 12.0. The van der Waals surface area contributed by atoms with Gasteiger partial charge < -0.3 is 0 Å². The van der Waals surface area contributed by atoms with Crippen LogP contribution in [0.2, 0.25) is 13.1 Å². The van der Waals surface area contributed by atoms with Crippen LogP contribution in [0, 0.1) is 6.92 Å². The van der Waals surface area contributed by atoms with Crippen LogP contribution in [-0.4, -0.2) is 8.80 Å². The average Bonchev–Trinajstić information content (AvgIpc) is 2.91. The van der Waals surface area contributed by atoms with Gasteiger partial charge in [0.05, 0.1) is 0 Å². The molecule has 0 N–H and O–H groups in total. The van der Waals surface area contributed by atoms with Crippen molar-refractivity contribution in [2.75, 3.05) is 0 Å². The summed E-state index contributed by atoms with van der Waals surface area (Å²) in [5, 5.41) is 0. The van der Waals surface area contributed by atoms with E-state index in [-0.39, 0.29) is 10.8 Å². The molecule has 1 aliphatic rings. The van der Waals surface area contributed by atoms with Crippen molar-refractivity contribution in [3.05, 3.63) is 63.7 Å². The van der Waals surface area contributed by atoms with E-state index in [1.807, 2.05) is 0 Å². The molecule has 1 atom stereocenters. The second-order valence-electron chi connectivity index (χ2n) is 11.2. The molecule has 3 rings (SSSR count). The molecule has 1 heteroatoms. The number of hydrogen-bond donors (Lipinski definition) is 0. The Balaban J connectivity index is 2.31. The Morgan fingerprint density at radius 3 is 1.79 bits per heavy atom. The molecule has 0 saturated carbocycles. The van der Waals surface area contributed by atoms with Crippen molar-refractivity contribution >= 4 is 14.9 Å². The van der Waals surface area contributed by atoms with E-state index in [1.54, 1.807) is 11.1 Å². The molecule has 2 aromatic rings. The predicted octanol–water partition coefficient (Wildman–Crippen LogP) is 7.78. The Morgan fingerprint density at radius 1 is 0.786 bits per heavy atom. The van der Waals surface area contributed by atoms with E-state index in [0.29, 0.717) is 5.54 Å². The lowest BCUT2D eigenvalue weighted by atomic mass is 9.78. The van der Waals surface area contributed by atoms with Gasteiger partial charge in [0.15, 0.2) is 0 Å². The van der Waals surface area contributed by atoms with Crippen molar-refractivity contribution in [3.8, 4) is 11.1 Å². The van der Waals surface area contributed by atoms with Crippen molar-refractivity contribution in [2.45, 2.75) is 84.9 Å². The maximum Gasteiger partial charge on any atom is 0.0440 e. The molecular formula is C27H38Si. The van der Waals surface area contributed by atoms with Crippen LogP contribution in [0.25, 0.3) is 17.2 Å². The zero-order valence-electron chi connectivity index (χ0n) is 19.6. The topological polar surface area (TPSA) is 0 Å². The molecule has 0 saturated heterocycles. The van der Waals surface area contributed by atoms with Gasteiger partial charge in [-0.05, 0) is 69.2 Å². The number of benzene rings is 2. The van der Waals surface area contributed by atoms with Crippen LogP contribution in [-0.2, 0) is 10.8 Å². The lowest BCUT2D eigenvalue weighted by molar-refractivity contribution is 0.569. The minimum absolute atomic E-state index is 0.143. The lowest BCUT2D eigenvalue weighted by Crippen LogP contribution is -2.18. The minimum atomic E-state index is -0.850. The van der Waals surface area contributed by atoms with E-state index in [1.165, 1.54) is 33.4 Å². The molecule has 0 spiro atoms. The normalized spacial score (nSPS) is 17.1. The highest BCUT2D eigenvalue weighted by Crippen LogP contribution is 2.45. The summed E-state index contributed by atoms with van der Waals surface area (Å²) in [5.74, 6) is 0. The quantitative estimate of drug-likeness (QED) is 0.459. The van der Waals surface area contributed by atoms with Crippen LogP contribution in [0.1, 0.15) is 81.8 Å². The average molecular weight is 391 g/mol. The Hall–Kier alpha value is -1.60. The van der Waals surface area contributed by atoms with Gasteiger partial charge in [0, 0.05) is 8.80 Å². The summed E-state index contributed by atoms with van der Waals surface area (Å²) in [4.78, 5) is 0. The van der Waals surface area contributed by atoms with Crippen molar-refractivity contribution in [1.29, 1.82) is 0 Å². The van der Waals surface area contributed by atoms with E-state index in [4.69, 9.17) is 0 Å². The predicted molar refractivity (Wildman–Crippen MR) is 129 cm³/mol. The van der Waals surface area contributed by atoms with Crippen molar-refractivity contribution < 1.29 is 0 Å². The highest BCUT2D eigenvalue weighted by molar-refractivity contribution is 6.59. The van der Waals surface area contributed by atoms with Gasteiger partial charge in [-0.1, -0.05) is 96.6 Å². The van der Waals surface area contributed by atoms with Crippen LogP contribution in [0.15, 0.2) is 35.9 Å². The summed E-state index contributed by atoms with van der Waals surface area (Å²) in [7, 11) is -0.850. The van der Waals surface area contributed by atoms with Gasteiger partial charge >= 0.3 is 0 Å². The second kappa shape index (κ2) is 7.02. The zero-order chi connectivity index (χ0) is 21.0. The van der Waals surface area contributed by atoms with E-state index in [2.05, 4.69) is 105 Å². The fraction of sp³-hybridized carbons (Fsp3) is 0.481. The van der Waals surface area contributed by atoms with Crippen LogP contribution >= 0.6 is 0 Å². The third-order valence-electron chi connectivity index (χ3n) is 6.32. The highest BCUT2D eigenvalue weighted by atomic mass is 28.3. The summed E-state index contributed by atoms with van der Waals surface area (Å²) < 4.78 is 0. The maximum absolute atomic E-state index is 2.50. The van der Waals surface area contributed by atoms with Crippen molar-refractivity contribution in [2.24, 2.45) is 0 Å². The van der Waals surface area contributed by atoms with Crippen molar-refractivity contribution in [1.82, 2.24) is 0 Å². The molecule has 150 valence electrons. The molecule has 0 fully saturated rings. The summed E-state index contributed by atoms with van der Waals surface area (Å²) in [6.45, 7) is 23.6. The maximum atomic E-state index is 2.50. The Labute approximate surface area is 174 Å². The number of aryl methyl sites for hydroxylation is 1. The molecule has 0 bridgehead atoms. The molecule has 0 amide bonds. The summed E-state index contributed by atoms with van der Waals surface area (Å²) in [6.07, 6.45) is 2.46. The van der Waals surface area contributed by atoms with E-state index in [9.17, 15) is 0 Å². The molecular weight excluding hydrogens is 352 g/mol. The molecule has 2 aromatic carbocycles. The van der Waals surface area contributed by atoms with Crippen LogP contribution < -0.4 is 0 Å².